The summed E-state index contributed by atoms with van der Waals surface area (Å²) in [6, 6.07) is 1.64. The van der Waals surface area contributed by atoms with E-state index < -0.39 is 23.2 Å². The summed E-state index contributed by atoms with van der Waals surface area (Å²) in [7, 11) is 1.69. The lowest BCUT2D eigenvalue weighted by Crippen LogP contribution is -2.12. The zero-order chi connectivity index (χ0) is 11.4. The van der Waals surface area contributed by atoms with Crippen LogP contribution in [0.1, 0.15) is 15.9 Å². The first-order valence-electron chi connectivity index (χ1n) is 4.42. The molecule has 0 spiro atoms. The van der Waals surface area contributed by atoms with E-state index in [0.717, 1.165) is 6.07 Å². The smallest absolute Gasteiger partial charge is 0.338 e. The van der Waals surface area contributed by atoms with Crippen LogP contribution in [0.2, 0.25) is 0 Å². The Morgan fingerprint density at radius 3 is 2.60 bits per heavy atom. The van der Waals surface area contributed by atoms with Crippen LogP contribution >= 0.6 is 0 Å². The van der Waals surface area contributed by atoms with Gasteiger partial charge in [0.05, 0.1) is 5.56 Å². The van der Waals surface area contributed by atoms with Crippen molar-refractivity contribution in [2.75, 3.05) is 13.6 Å². The zero-order valence-electron chi connectivity index (χ0n) is 8.18. The van der Waals surface area contributed by atoms with Crippen LogP contribution in [0.15, 0.2) is 12.1 Å². The normalized spacial score (nSPS) is 10.3. The summed E-state index contributed by atoms with van der Waals surface area (Å²) in [5, 5.41) is 11.3. The molecule has 0 saturated heterocycles. The van der Waals surface area contributed by atoms with Crippen molar-refractivity contribution in [2.24, 2.45) is 0 Å². The lowest BCUT2D eigenvalue weighted by Gasteiger charge is -2.05. The summed E-state index contributed by atoms with van der Waals surface area (Å²) in [4.78, 5) is 10.5. The maximum absolute atomic E-state index is 13.3. The molecule has 0 atom stereocenters. The minimum Gasteiger partial charge on any atom is -0.478 e. The van der Waals surface area contributed by atoms with E-state index in [-0.39, 0.29) is 5.56 Å². The predicted octanol–water partition coefficient (Wildman–Crippen LogP) is 1.42. The van der Waals surface area contributed by atoms with Crippen LogP contribution in [-0.4, -0.2) is 24.7 Å². The Bertz CT molecular complexity index is 380. The second kappa shape index (κ2) is 4.84. The molecule has 2 N–H and O–H groups in total. The summed E-state index contributed by atoms with van der Waals surface area (Å²) in [5.74, 6) is -3.06. The van der Waals surface area contributed by atoms with Crippen molar-refractivity contribution >= 4 is 5.97 Å². The van der Waals surface area contributed by atoms with Gasteiger partial charge < -0.3 is 10.4 Å². The van der Waals surface area contributed by atoms with Gasteiger partial charge in [0, 0.05) is 0 Å². The summed E-state index contributed by atoms with van der Waals surface area (Å²) in [6.45, 7) is 0.503. The molecule has 0 amide bonds. The number of hydrogen-bond donors (Lipinski definition) is 2. The highest BCUT2D eigenvalue weighted by Crippen LogP contribution is 2.15. The summed E-state index contributed by atoms with van der Waals surface area (Å²) in [5.41, 5.74) is -0.465. The average Bonchev–Trinajstić information content (AvgIpc) is 2.18. The monoisotopic (exact) mass is 215 g/mol. The van der Waals surface area contributed by atoms with Crippen LogP contribution in [0.25, 0.3) is 0 Å². The number of hydrogen-bond acceptors (Lipinski definition) is 2. The van der Waals surface area contributed by atoms with Crippen LogP contribution in [0.3, 0.4) is 0 Å². The van der Waals surface area contributed by atoms with Gasteiger partial charge in [0.1, 0.15) is 11.6 Å². The molecule has 0 aliphatic carbocycles. The van der Waals surface area contributed by atoms with Crippen LogP contribution in [0.5, 0.6) is 0 Å². The van der Waals surface area contributed by atoms with Crippen molar-refractivity contribution < 1.29 is 18.7 Å². The number of halogens is 2. The summed E-state index contributed by atoms with van der Waals surface area (Å²) >= 11 is 0. The van der Waals surface area contributed by atoms with Gasteiger partial charge in [-0.25, -0.2) is 13.6 Å². The number of benzene rings is 1. The number of aromatic carboxylic acids is 1. The number of likely N-dealkylation sites (N-methyl/N-ethyl adjacent to an activating group) is 1. The predicted molar refractivity (Wildman–Crippen MR) is 50.9 cm³/mol. The Kier molecular flexibility index (Phi) is 3.74. The summed E-state index contributed by atoms with van der Waals surface area (Å²) in [6.07, 6.45) is 0.319. The number of carboxylic acids is 1. The Labute approximate surface area is 85.7 Å². The third kappa shape index (κ3) is 2.73. The first-order valence-corrected chi connectivity index (χ1v) is 4.42. The van der Waals surface area contributed by atoms with Crippen LogP contribution in [0, 0.1) is 11.6 Å². The van der Waals surface area contributed by atoms with Gasteiger partial charge in [0.15, 0.2) is 0 Å². The Hall–Kier alpha value is -1.49. The number of carboxylic acid groups (broad SMARTS) is 1. The van der Waals surface area contributed by atoms with E-state index in [4.69, 9.17) is 5.11 Å². The third-order valence-corrected chi connectivity index (χ3v) is 2.01. The lowest BCUT2D eigenvalue weighted by molar-refractivity contribution is 0.0691. The van der Waals surface area contributed by atoms with Gasteiger partial charge in [0.2, 0.25) is 0 Å². The minimum absolute atomic E-state index is 0.173. The van der Waals surface area contributed by atoms with Gasteiger partial charge in [-0.05, 0) is 37.7 Å². The highest BCUT2D eigenvalue weighted by atomic mass is 19.1. The van der Waals surface area contributed by atoms with Crippen molar-refractivity contribution in [3.8, 4) is 0 Å². The molecule has 0 unspecified atom stereocenters. The molecule has 3 nitrogen and oxygen atoms in total. The fraction of sp³-hybridized carbons (Fsp3) is 0.300. The first kappa shape index (κ1) is 11.6. The molecule has 5 heteroatoms. The molecule has 0 fully saturated rings. The van der Waals surface area contributed by atoms with Gasteiger partial charge >= 0.3 is 5.97 Å². The molecule has 0 saturated carbocycles. The highest BCUT2D eigenvalue weighted by molar-refractivity contribution is 5.87. The van der Waals surface area contributed by atoms with Gasteiger partial charge in [-0.15, -0.1) is 0 Å². The molecule has 1 aromatic rings. The molecule has 0 aliphatic heterocycles. The molecule has 0 bridgehead atoms. The van der Waals surface area contributed by atoms with Crippen LogP contribution < -0.4 is 5.32 Å². The van der Waals surface area contributed by atoms with Crippen molar-refractivity contribution in [3.05, 3.63) is 34.9 Å². The minimum atomic E-state index is -1.47. The van der Waals surface area contributed by atoms with Crippen molar-refractivity contribution in [1.29, 1.82) is 0 Å². The van der Waals surface area contributed by atoms with E-state index in [9.17, 15) is 13.6 Å². The molecule has 15 heavy (non-hydrogen) atoms. The maximum Gasteiger partial charge on any atom is 0.338 e. The molecule has 82 valence electrons. The van der Waals surface area contributed by atoms with E-state index in [0.29, 0.717) is 19.0 Å². The second-order valence-corrected chi connectivity index (χ2v) is 3.08. The Balaban J connectivity index is 3.02. The van der Waals surface area contributed by atoms with Crippen molar-refractivity contribution in [3.63, 3.8) is 0 Å². The largest absolute Gasteiger partial charge is 0.478 e. The fourth-order valence-corrected chi connectivity index (χ4v) is 1.20. The van der Waals surface area contributed by atoms with Crippen molar-refractivity contribution in [1.82, 2.24) is 5.32 Å². The maximum atomic E-state index is 13.3. The molecule has 0 radical (unpaired) electrons. The molecule has 1 rings (SSSR count). The van der Waals surface area contributed by atoms with Crippen LogP contribution in [-0.2, 0) is 6.42 Å². The number of nitrogens with one attached hydrogen (secondary N) is 1. The quantitative estimate of drug-likeness (QED) is 0.798. The Morgan fingerprint density at radius 2 is 2.07 bits per heavy atom. The van der Waals surface area contributed by atoms with Gasteiger partial charge in [-0.2, -0.15) is 0 Å². The van der Waals surface area contributed by atoms with Crippen molar-refractivity contribution in [2.45, 2.75) is 6.42 Å². The van der Waals surface area contributed by atoms with E-state index in [1.807, 2.05) is 0 Å². The molecule has 0 aromatic heterocycles. The van der Waals surface area contributed by atoms with E-state index >= 15 is 0 Å². The first-order chi connectivity index (χ1) is 7.06. The topological polar surface area (TPSA) is 49.3 Å². The molecule has 0 aliphatic rings. The lowest BCUT2D eigenvalue weighted by atomic mass is 10.1. The van der Waals surface area contributed by atoms with Gasteiger partial charge in [-0.3, -0.25) is 0 Å². The molecule has 0 heterocycles. The van der Waals surface area contributed by atoms with Gasteiger partial charge in [-0.1, -0.05) is 0 Å². The van der Waals surface area contributed by atoms with E-state index in [1.54, 1.807) is 7.05 Å². The number of carbonyl (C=O) groups is 1. The molecular formula is C10H11F2NO2. The average molecular weight is 215 g/mol. The molecule has 1 aromatic carbocycles. The van der Waals surface area contributed by atoms with E-state index in [1.165, 1.54) is 0 Å². The summed E-state index contributed by atoms with van der Waals surface area (Å²) < 4.78 is 26.4. The standard InChI is InChI=1S/C10H11F2NO2/c1-13-3-2-6-4-9(12)7(10(14)15)5-8(6)11/h4-5,13H,2-3H2,1H3,(H,14,15). The van der Waals surface area contributed by atoms with E-state index in [2.05, 4.69) is 5.32 Å². The number of rotatable bonds is 4. The zero-order valence-corrected chi connectivity index (χ0v) is 8.18. The highest BCUT2D eigenvalue weighted by Gasteiger charge is 2.14. The fourth-order valence-electron chi connectivity index (χ4n) is 1.20. The Morgan fingerprint density at radius 1 is 1.40 bits per heavy atom. The van der Waals surface area contributed by atoms with Crippen LogP contribution in [0.4, 0.5) is 8.78 Å². The second-order valence-electron chi connectivity index (χ2n) is 3.08. The molecular weight excluding hydrogens is 204 g/mol. The van der Waals surface area contributed by atoms with Gasteiger partial charge in [0.25, 0.3) is 0 Å². The SMILES string of the molecule is CNCCc1cc(F)c(C(=O)O)cc1F. The third-order valence-electron chi connectivity index (χ3n) is 2.01.